The number of sulfonamides is 1. The lowest BCUT2D eigenvalue weighted by Gasteiger charge is -2.14. The second-order valence-electron chi connectivity index (χ2n) is 4.55. The van der Waals surface area contributed by atoms with Gasteiger partial charge in [-0.1, -0.05) is 12.1 Å². The Morgan fingerprint density at radius 2 is 1.55 bits per heavy atom. The summed E-state index contributed by atoms with van der Waals surface area (Å²) < 4.78 is 28.6. The van der Waals surface area contributed by atoms with Crippen LogP contribution in [-0.2, 0) is 10.0 Å². The Hall–Kier alpha value is -1.28. The molecule has 6 heteroatoms. The molecule has 0 heterocycles. The fourth-order valence-corrected chi connectivity index (χ4v) is 3.74. The van der Waals surface area contributed by atoms with Crippen LogP contribution in [0.4, 0.5) is 11.4 Å². The van der Waals surface area contributed by atoms with Gasteiger partial charge in [-0.3, -0.25) is 4.72 Å². The van der Waals surface area contributed by atoms with Crippen LogP contribution in [-0.4, -0.2) is 8.42 Å². The highest BCUT2D eigenvalue weighted by Crippen LogP contribution is 2.27. The van der Waals surface area contributed by atoms with Crippen molar-refractivity contribution in [1.29, 1.82) is 0 Å². The van der Waals surface area contributed by atoms with Gasteiger partial charge in [-0.15, -0.1) is 0 Å². The highest BCUT2D eigenvalue weighted by molar-refractivity contribution is 14.1. The van der Waals surface area contributed by atoms with E-state index >= 15 is 0 Å². The van der Waals surface area contributed by atoms with Crippen molar-refractivity contribution in [3.63, 3.8) is 0 Å². The van der Waals surface area contributed by atoms with Crippen LogP contribution >= 0.6 is 22.6 Å². The van der Waals surface area contributed by atoms with E-state index in [1.807, 2.05) is 18.2 Å². The predicted molar refractivity (Wildman–Crippen MR) is 90.3 cm³/mol. The Morgan fingerprint density at radius 3 is 2.15 bits per heavy atom. The quantitative estimate of drug-likeness (QED) is 0.612. The summed E-state index contributed by atoms with van der Waals surface area (Å²) in [6, 6.07) is 10.7. The molecule has 0 saturated heterocycles. The molecule has 106 valence electrons. The van der Waals surface area contributed by atoms with Crippen LogP contribution in [0.2, 0.25) is 0 Å². The smallest absolute Gasteiger partial charge is 0.264 e. The first kappa shape index (κ1) is 15.1. The van der Waals surface area contributed by atoms with E-state index in [0.717, 1.165) is 9.13 Å². The number of hydrogen-bond acceptors (Lipinski definition) is 3. The molecule has 0 saturated carbocycles. The van der Waals surface area contributed by atoms with Gasteiger partial charge in [0, 0.05) is 9.26 Å². The van der Waals surface area contributed by atoms with Crippen LogP contribution < -0.4 is 10.5 Å². The number of rotatable bonds is 3. The summed E-state index contributed by atoms with van der Waals surface area (Å²) in [5.74, 6) is 0. The Bertz CT molecular complexity index is 741. The van der Waals surface area contributed by atoms with E-state index in [1.165, 1.54) is 0 Å². The van der Waals surface area contributed by atoms with E-state index in [1.54, 1.807) is 32.0 Å². The number of nitrogens with one attached hydrogen (secondary N) is 1. The van der Waals surface area contributed by atoms with E-state index in [0.29, 0.717) is 16.9 Å². The minimum atomic E-state index is -3.69. The summed E-state index contributed by atoms with van der Waals surface area (Å²) >= 11 is 2.16. The number of hydrogen-bond donors (Lipinski definition) is 2. The topological polar surface area (TPSA) is 72.2 Å². The Balaban J connectivity index is 2.46. The average Bonchev–Trinajstić information content (AvgIpc) is 2.37. The SMILES string of the molecule is Cc1ccc(C)c(S(=O)(=O)Nc2ccc(I)cc2)c1N. The molecule has 0 unspecified atom stereocenters. The molecule has 0 fully saturated rings. The first-order chi connectivity index (χ1) is 9.31. The summed E-state index contributed by atoms with van der Waals surface area (Å²) in [5.41, 5.74) is 8.12. The normalized spacial score (nSPS) is 11.3. The number of anilines is 2. The molecule has 3 N–H and O–H groups in total. The van der Waals surface area contributed by atoms with Crippen LogP contribution in [0.3, 0.4) is 0 Å². The maximum Gasteiger partial charge on any atom is 0.264 e. The number of aryl methyl sites for hydroxylation is 2. The molecule has 20 heavy (non-hydrogen) atoms. The molecule has 0 aromatic heterocycles. The highest BCUT2D eigenvalue weighted by Gasteiger charge is 2.21. The van der Waals surface area contributed by atoms with E-state index in [2.05, 4.69) is 27.3 Å². The zero-order valence-corrected chi connectivity index (χ0v) is 14.1. The molecule has 0 bridgehead atoms. The van der Waals surface area contributed by atoms with Gasteiger partial charge < -0.3 is 5.73 Å². The Morgan fingerprint density at radius 1 is 1.00 bits per heavy atom. The van der Waals surface area contributed by atoms with Crippen LogP contribution in [0.25, 0.3) is 0 Å². The third-order valence-electron chi connectivity index (χ3n) is 2.98. The third-order valence-corrected chi connectivity index (χ3v) is 5.28. The molecule has 2 aromatic carbocycles. The summed E-state index contributed by atoms with van der Waals surface area (Å²) in [6.45, 7) is 3.52. The molecule has 4 nitrogen and oxygen atoms in total. The molecule has 2 aromatic rings. The maximum absolute atomic E-state index is 12.5. The van der Waals surface area contributed by atoms with Gasteiger partial charge in [0.1, 0.15) is 4.90 Å². The van der Waals surface area contributed by atoms with Gasteiger partial charge in [-0.05, 0) is 71.8 Å². The molecule has 0 aliphatic carbocycles. The van der Waals surface area contributed by atoms with Crippen LogP contribution in [0.5, 0.6) is 0 Å². The first-order valence-corrected chi connectivity index (χ1v) is 8.51. The number of nitrogen functional groups attached to an aromatic ring is 1. The van der Waals surface area contributed by atoms with Crippen molar-refractivity contribution in [2.75, 3.05) is 10.5 Å². The molecule has 0 amide bonds. The van der Waals surface area contributed by atoms with Gasteiger partial charge >= 0.3 is 0 Å². The maximum atomic E-state index is 12.5. The van der Waals surface area contributed by atoms with Crippen molar-refractivity contribution in [2.24, 2.45) is 0 Å². The van der Waals surface area contributed by atoms with Gasteiger partial charge in [-0.2, -0.15) is 0 Å². The first-order valence-electron chi connectivity index (χ1n) is 5.95. The number of nitrogens with two attached hydrogens (primary N) is 1. The highest BCUT2D eigenvalue weighted by atomic mass is 127. The number of benzene rings is 2. The van der Waals surface area contributed by atoms with Crippen molar-refractivity contribution >= 4 is 44.0 Å². The van der Waals surface area contributed by atoms with E-state index < -0.39 is 10.0 Å². The van der Waals surface area contributed by atoms with Crippen molar-refractivity contribution in [1.82, 2.24) is 0 Å². The minimum absolute atomic E-state index is 0.149. The van der Waals surface area contributed by atoms with E-state index in [-0.39, 0.29) is 4.90 Å². The largest absolute Gasteiger partial charge is 0.397 e. The molecular weight excluding hydrogens is 387 g/mol. The Kier molecular flexibility index (Phi) is 4.24. The van der Waals surface area contributed by atoms with Gasteiger partial charge in [0.2, 0.25) is 0 Å². The summed E-state index contributed by atoms with van der Waals surface area (Å²) in [6.07, 6.45) is 0. The lowest BCUT2D eigenvalue weighted by molar-refractivity contribution is 0.601. The van der Waals surface area contributed by atoms with Gasteiger partial charge in [0.05, 0.1) is 5.69 Å². The zero-order valence-electron chi connectivity index (χ0n) is 11.1. The van der Waals surface area contributed by atoms with Gasteiger partial charge in [0.25, 0.3) is 10.0 Å². The van der Waals surface area contributed by atoms with Crippen molar-refractivity contribution < 1.29 is 8.42 Å². The lowest BCUT2D eigenvalue weighted by Crippen LogP contribution is -2.16. The van der Waals surface area contributed by atoms with E-state index in [9.17, 15) is 8.42 Å². The average molecular weight is 402 g/mol. The Labute approximate surface area is 132 Å². The molecule has 0 radical (unpaired) electrons. The van der Waals surface area contributed by atoms with Crippen molar-refractivity contribution in [2.45, 2.75) is 18.7 Å². The van der Waals surface area contributed by atoms with Gasteiger partial charge in [0.15, 0.2) is 0 Å². The second-order valence-corrected chi connectivity index (χ2v) is 7.42. The molecule has 0 atom stereocenters. The predicted octanol–water partition coefficient (Wildman–Crippen LogP) is 3.29. The molecule has 0 aliphatic heterocycles. The molecule has 2 rings (SSSR count). The van der Waals surface area contributed by atoms with Crippen molar-refractivity contribution in [3.8, 4) is 0 Å². The third kappa shape index (κ3) is 3.06. The zero-order chi connectivity index (χ0) is 14.9. The number of halogens is 1. The fourth-order valence-electron chi connectivity index (χ4n) is 1.89. The van der Waals surface area contributed by atoms with Crippen LogP contribution in [0.15, 0.2) is 41.3 Å². The molecule has 0 aliphatic rings. The fraction of sp³-hybridized carbons (Fsp3) is 0.143. The lowest BCUT2D eigenvalue weighted by atomic mass is 10.1. The van der Waals surface area contributed by atoms with Crippen molar-refractivity contribution in [3.05, 3.63) is 51.1 Å². The van der Waals surface area contributed by atoms with E-state index in [4.69, 9.17) is 5.73 Å². The van der Waals surface area contributed by atoms with Gasteiger partial charge in [-0.25, -0.2) is 8.42 Å². The monoisotopic (exact) mass is 402 g/mol. The molecular formula is C14H15IN2O2S. The summed E-state index contributed by atoms with van der Waals surface area (Å²) in [4.78, 5) is 0.149. The van der Waals surface area contributed by atoms with Crippen LogP contribution in [0.1, 0.15) is 11.1 Å². The van der Waals surface area contributed by atoms with Crippen LogP contribution in [0, 0.1) is 17.4 Å². The standard InChI is InChI=1S/C14H15IN2O2S/c1-9-3-4-10(2)14(13(9)16)20(18,19)17-12-7-5-11(15)6-8-12/h3-8,17H,16H2,1-2H3. The summed E-state index contributed by atoms with van der Waals surface area (Å²) in [7, 11) is -3.69. The summed E-state index contributed by atoms with van der Waals surface area (Å²) in [5, 5.41) is 0. The second kappa shape index (κ2) is 5.61. The minimum Gasteiger partial charge on any atom is -0.397 e. The molecule has 0 spiro atoms.